The first-order valence-corrected chi connectivity index (χ1v) is 4.19. The van der Waals surface area contributed by atoms with Crippen molar-refractivity contribution in [2.45, 2.75) is 6.92 Å². The largest absolute Gasteiger partial charge is 0.183 e. The van der Waals surface area contributed by atoms with E-state index in [1.54, 1.807) is 6.07 Å². The van der Waals surface area contributed by atoms with Gasteiger partial charge in [0.25, 0.3) is 0 Å². The summed E-state index contributed by atoms with van der Waals surface area (Å²) in [7, 11) is 0. The minimum absolute atomic E-state index is 0.864. The highest BCUT2D eigenvalue weighted by Crippen LogP contribution is 2.14. The van der Waals surface area contributed by atoms with E-state index in [0.717, 1.165) is 15.6 Å². The summed E-state index contributed by atoms with van der Waals surface area (Å²) in [4.78, 5) is 0. The lowest BCUT2D eigenvalue weighted by Crippen LogP contribution is -1.77. The van der Waals surface area contributed by atoms with E-state index in [2.05, 4.69) is 27.8 Å². The van der Waals surface area contributed by atoms with Crippen molar-refractivity contribution in [3.63, 3.8) is 0 Å². The Balaban J connectivity index is 3.11. The van der Waals surface area contributed by atoms with E-state index in [0.29, 0.717) is 0 Å². The number of benzene rings is 1. The van der Waals surface area contributed by atoms with Crippen molar-refractivity contribution < 1.29 is 0 Å². The van der Waals surface area contributed by atoms with Gasteiger partial charge in [-0.05, 0) is 30.7 Å². The van der Waals surface area contributed by atoms with E-state index in [1.807, 2.05) is 25.1 Å². The summed E-state index contributed by atoms with van der Waals surface area (Å²) < 4.78 is 0.990. The Labute approximate surface area is 80.2 Å². The van der Waals surface area contributed by atoms with Gasteiger partial charge in [-0.25, -0.2) is 0 Å². The van der Waals surface area contributed by atoms with Crippen LogP contribution in [0.15, 0.2) is 22.7 Å². The van der Waals surface area contributed by atoms with Crippen LogP contribution in [0.25, 0.3) is 0 Å². The average Bonchev–Trinajstić information content (AvgIpc) is 1.99. The highest BCUT2D eigenvalue weighted by molar-refractivity contribution is 9.10. The van der Waals surface area contributed by atoms with E-state index < -0.39 is 0 Å². The number of aryl methyl sites for hydroxylation is 1. The summed E-state index contributed by atoms with van der Waals surface area (Å²) in [5.74, 6) is 5.09. The van der Waals surface area contributed by atoms with Gasteiger partial charge in [-0.2, -0.15) is 5.26 Å². The zero-order valence-electron chi connectivity index (χ0n) is 6.56. The Bertz CT molecular complexity index is 370. The summed E-state index contributed by atoms with van der Waals surface area (Å²) in [5, 5.41) is 8.23. The zero-order valence-corrected chi connectivity index (χ0v) is 8.14. The van der Waals surface area contributed by atoms with E-state index in [1.165, 1.54) is 0 Å². The molecule has 58 valence electrons. The first-order chi connectivity index (χ1) is 5.72. The van der Waals surface area contributed by atoms with Crippen LogP contribution in [0.2, 0.25) is 0 Å². The fraction of sp³-hybridized carbons (Fsp3) is 0.100. The van der Waals surface area contributed by atoms with Crippen LogP contribution in [-0.2, 0) is 0 Å². The molecule has 1 nitrogen and oxygen atoms in total. The number of nitrogens with zero attached hydrogens (tertiary/aromatic N) is 1. The SMILES string of the molecule is Cc1cc(Br)cc(C#CC#N)c1. The number of hydrogen-bond acceptors (Lipinski definition) is 1. The van der Waals surface area contributed by atoms with Gasteiger partial charge in [-0.15, -0.1) is 0 Å². The first-order valence-electron chi connectivity index (χ1n) is 3.39. The molecule has 0 saturated carbocycles. The molecule has 1 aromatic rings. The van der Waals surface area contributed by atoms with Crippen molar-refractivity contribution >= 4 is 15.9 Å². The maximum atomic E-state index is 8.23. The minimum Gasteiger partial charge on any atom is -0.183 e. The van der Waals surface area contributed by atoms with Crippen molar-refractivity contribution in [2.24, 2.45) is 0 Å². The van der Waals surface area contributed by atoms with Gasteiger partial charge in [0.05, 0.1) is 0 Å². The van der Waals surface area contributed by atoms with Crippen molar-refractivity contribution in [2.75, 3.05) is 0 Å². The number of nitriles is 1. The fourth-order valence-corrected chi connectivity index (χ4v) is 1.52. The summed E-state index contributed by atoms with van der Waals surface area (Å²) >= 11 is 3.35. The van der Waals surface area contributed by atoms with Crippen LogP contribution in [0.4, 0.5) is 0 Å². The Morgan fingerprint density at radius 2 is 2.08 bits per heavy atom. The molecule has 0 fully saturated rings. The quantitative estimate of drug-likeness (QED) is 0.616. The Kier molecular flexibility index (Phi) is 2.91. The number of rotatable bonds is 0. The topological polar surface area (TPSA) is 23.8 Å². The lowest BCUT2D eigenvalue weighted by Gasteiger charge is -1.95. The highest BCUT2D eigenvalue weighted by atomic mass is 79.9. The molecule has 0 atom stereocenters. The van der Waals surface area contributed by atoms with Gasteiger partial charge < -0.3 is 0 Å². The van der Waals surface area contributed by atoms with Gasteiger partial charge in [0.15, 0.2) is 6.07 Å². The molecule has 0 aliphatic heterocycles. The third kappa shape index (κ3) is 2.42. The van der Waals surface area contributed by atoms with Crippen molar-refractivity contribution in [3.05, 3.63) is 33.8 Å². The third-order valence-corrected chi connectivity index (χ3v) is 1.76. The molecule has 0 N–H and O–H groups in total. The molecular formula is C10H6BrN. The van der Waals surface area contributed by atoms with Crippen LogP contribution in [0.1, 0.15) is 11.1 Å². The monoisotopic (exact) mass is 219 g/mol. The van der Waals surface area contributed by atoms with Crippen LogP contribution in [0.5, 0.6) is 0 Å². The smallest absolute Gasteiger partial charge is 0.152 e. The molecule has 1 aromatic carbocycles. The van der Waals surface area contributed by atoms with Crippen molar-refractivity contribution in [1.29, 1.82) is 5.26 Å². The number of halogens is 1. The van der Waals surface area contributed by atoms with E-state index in [9.17, 15) is 0 Å². The molecule has 12 heavy (non-hydrogen) atoms. The van der Waals surface area contributed by atoms with Crippen molar-refractivity contribution in [1.82, 2.24) is 0 Å². The predicted octanol–water partition coefficient (Wildman–Crippen LogP) is 2.63. The molecule has 0 saturated heterocycles. The molecule has 0 unspecified atom stereocenters. The minimum atomic E-state index is 0.864. The molecule has 2 heteroatoms. The lowest BCUT2D eigenvalue weighted by molar-refractivity contribution is 1.43. The summed E-state index contributed by atoms with van der Waals surface area (Å²) in [6.45, 7) is 1.99. The standard InChI is InChI=1S/C10H6BrN/c1-8-5-9(3-2-4-12)7-10(11)6-8/h5-7H,1H3. The predicted molar refractivity (Wildman–Crippen MR) is 51.4 cm³/mol. The molecule has 0 heterocycles. The molecule has 0 bridgehead atoms. The van der Waals surface area contributed by atoms with Gasteiger partial charge in [-0.3, -0.25) is 0 Å². The third-order valence-electron chi connectivity index (χ3n) is 1.30. The summed E-state index contributed by atoms with van der Waals surface area (Å²) in [6, 6.07) is 7.60. The molecule has 0 spiro atoms. The zero-order chi connectivity index (χ0) is 8.97. The average molecular weight is 220 g/mol. The van der Waals surface area contributed by atoms with E-state index in [-0.39, 0.29) is 0 Å². The Morgan fingerprint density at radius 3 is 2.67 bits per heavy atom. The summed E-state index contributed by atoms with van der Waals surface area (Å²) in [6.07, 6.45) is 0. The molecule has 0 aliphatic rings. The van der Waals surface area contributed by atoms with Gasteiger partial charge in [-0.1, -0.05) is 21.9 Å². The van der Waals surface area contributed by atoms with Gasteiger partial charge >= 0.3 is 0 Å². The number of hydrogen-bond donors (Lipinski definition) is 0. The second-order valence-electron chi connectivity index (χ2n) is 2.38. The van der Waals surface area contributed by atoms with Crippen LogP contribution in [0.3, 0.4) is 0 Å². The molecule has 1 rings (SSSR count). The van der Waals surface area contributed by atoms with Crippen LogP contribution < -0.4 is 0 Å². The first kappa shape index (κ1) is 8.84. The molecule has 0 aliphatic carbocycles. The maximum absolute atomic E-state index is 8.23. The van der Waals surface area contributed by atoms with Crippen LogP contribution >= 0.6 is 15.9 Å². The van der Waals surface area contributed by atoms with Crippen LogP contribution in [-0.4, -0.2) is 0 Å². The molecular weight excluding hydrogens is 214 g/mol. The second-order valence-corrected chi connectivity index (χ2v) is 3.29. The van der Waals surface area contributed by atoms with E-state index in [4.69, 9.17) is 5.26 Å². The van der Waals surface area contributed by atoms with Gasteiger partial charge in [0.1, 0.15) is 0 Å². The van der Waals surface area contributed by atoms with Gasteiger partial charge in [0.2, 0.25) is 0 Å². The Morgan fingerprint density at radius 1 is 1.33 bits per heavy atom. The normalized spacial score (nSPS) is 8.08. The molecule has 0 amide bonds. The fourth-order valence-electron chi connectivity index (χ4n) is 0.909. The highest BCUT2D eigenvalue weighted by Gasteiger charge is 1.92. The molecule has 0 aromatic heterocycles. The Hall–Kier alpha value is -1.25. The van der Waals surface area contributed by atoms with E-state index >= 15 is 0 Å². The summed E-state index contributed by atoms with van der Waals surface area (Å²) in [5.41, 5.74) is 2.00. The van der Waals surface area contributed by atoms with Gasteiger partial charge in [0, 0.05) is 16.0 Å². The van der Waals surface area contributed by atoms with Crippen molar-refractivity contribution in [3.8, 4) is 17.9 Å². The second kappa shape index (κ2) is 3.95. The van der Waals surface area contributed by atoms with Crippen LogP contribution in [0, 0.1) is 30.1 Å². The molecule has 0 radical (unpaired) electrons. The maximum Gasteiger partial charge on any atom is 0.152 e. The lowest BCUT2D eigenvalue weighted by atomic mass is 10.1.